The fourth-order valence-corrected chi connectivity index (χ4v) is 4.28. The number of fused-ring (bicyclic) bond motifs is 1. The van der Waals surface area contributed by atoms with Crippen LogP contribution >= 0.6 is 11.8 Å². The molecule has 1 N–H and O–H groups in total. The first-order valence-corrected chi connectivity index (χ1v) is 11.5. The summed E-state index contributed by atoms with van der Waals surface area (Å²) in [5.41, 5.74) is 3.52. The molecule has 3 aromatic carbocycles. The molecule has 0 saturated carbocycles. The zero-order chi connectivity index (χ0) is 22.6. The van der Waals surface area contributed by atoms with Gasteiger partial charge in [0.2, 0.25) is 11.4 Å². The fourth-order valence-electron chi connectivity index (χ4n) is 3.49. The van der Waals surface area contributed by atoms with Crippen molar-refractivity contribution in [3.05, 3.63) is 101 Å². The summed E-state index contributed by atoms with van der Waals surface area (Å²) in [6, 6.07) is 20.5. The molecule has 5 rings (SSSR count). The number of aromatic amines is 1. The number of hydrogen-bond acceptors (Lipinski definition) is 6. The molecule has 8 heteroatoms. The van der Waals surface area contributed by atoms with Gasteiger partial charge in [-0.1, -0.05) is 59.8 Å². The van der Waals surface area contributed by atoms with Crippen molar-refractivity contribution in [2.75, 3.05) is 0 Å². The normalized spacial score (nSPS) is 15.0. The molecular weight excluding hydrogens is 441 g/mol. The Bertz CT molecular complexity index is 1230. The Balaban J connectivity index is 1.25. The minimum Gasteiger partial charge on any atom is -0.486 e. The number of aryl methyl sites for hydroxylation is 1. The molecule has 6 nitrogen and oxygen atoms in total. The van der Waals surface area contributed by atoms with Crippen molar-refractivity contribution < 1.29 is 18.6 Å². The maximum Gasteiger partial charge on any atom is 0.227 e. The minimum absolute atomic E-state index is 0.283. The molecule has 1 atom stereocenters. The summed E-state index contributed by atoms with van der Waals surface area (Å²) in [7, 11) is 0. The molecule has 0 fully saturated rings. The van der Waals surface area contributed by atoms with Crippen molar-refractivity contribution in [3.8, 4) is 11.5 Å². The molecule has 2 heterocycles. The summed E-state index contributed by atoms with van der Waals surface area (Å²) >= 11 is 1.40. The van der Waals surface area contributed by atoms with E-state index in [1.165, 1.54) is 29.5 Å². The number of hydrogen-bond donors (Lipinski definition) is 1. The Morgan fingerprint density at radius 2 is 1.94 bits per heavy atom. The largest absolute Gasteiger partial charge is 0.486 e. The van der Waals surface area contributed by atoms with Crippen LogP contribution in [0, 0.1) is 12.7 Å². The maximum absolute atomic E-state index is 14.2. The highest BCUT2D eigenvalue weighted by molar-refractivity contribution is 7.98. The molecule has 1 aromatic heterocycles. The van der Waals surface area contributed by atoms with Gasteiger partial charge < -0.3 is 14.2 Å². The standard InChI is InChI=1S/C25H22FN3O3S/c1-16-7-9-21(10-8-16)30-14-22-27-25(29-28-22)33-15-19-12-20(26)11-18-13-31-24(32-23(18)19)17-5-3-2-4-6-17/h2-12,24H,13-15H2,1H3,(H,27,28,29). The Morgan fingerprint density at radius 1 is 1.12 bits per heavy atom. The highest BCUT2D eigenvalue weighted by Gasteiger charge is 2.25. The van der Waals surface area contributed by atoms with Crippen LogP contribution in [0.4, 0.5) is 4.39 Å². The molecule has 0 aliphatic carbocycles. The van der Waals surface area contributed by atoms with Crippen LogP contribution in [0.2, 0.25) is 0 Å². The average Bonchev–Trinajstić information content (AvgIpc) is 3.30. The van der Waals surface area contributed by atoms with Gasteiger partial charge >= 0.3 is 0 Å². The van der Waals surface area contributed by atoms with Gasteiger partial charge in [0.1, 0.15) is 23.9 Å². The molecule has 0 bridgehead atoms. The van der Waals surface area contributed by atoms with Gasteiger partial charge in [-0.2, -0.15) is 0 Å². The Labute approximate surface area is 195 Å². The molecule has 33 heavy (non-hydrogen) atoms. The van der Waals surface area contributed by atoms with Crippen LogP contribution in [0.1, 0.15) is 34.4 Å². The second-order valence-electron chi connectivity index (χ2n) is 7.68. The summed E-state index contributed by atoms with van der Waals surface area (Å²) in [6.07, 6.45) is -0.526. The smallest absolute Gasteiger partial charge is 0.227 e. The molecule has 0 saturated heterocycles. The van der Waals surface area contributed by atoms with Crippen LogP contribution in [0.25, 0.3) is 0 Å². The number of aromatic nitrogens is 3. The van der Waals surface area contributed by atoms with Crippen LogP contribution in [-0.4, -0.2) is 15.2 Å². The SMILES string of the molecule is Cc1ccc(OCc2nc(SCc3cc(F)cc4c3OC(c3ccccc3)OC4)n[nH]2)cc1. The van der Waals surface area contributed by atoms with Crippen LogP contribution in [-0.2, 0) is 23.7 Å². The lowest BCUT2D eigenvalue weighted by Gasteiger charge is -2.28. The lowest BCUT2D eigenvalue weighted by Crippen LogP contribution is -2.19. The molecule has 1 aliphatic rings. The quantitative estimate of drug-likeness (QED) is 0.353. The predicted octanol–water partition coefficient (Wildman–Crippen LogP) is 5.73. The van der Waals surface area contributed by atoms with Crippen LogP contribution in [0.5, 0.6) is 11.5 Å². The van der Waals surface area contributed by atoms with E-state index >= 15 is 0 Å². The van der Waals surface area contributed by atoms with Crippen molar-refractivity contribution in [1.29, 1.82) is 0 Å². The van der Waals surface area contributed by atoms with Gasteiger partial charge in [0.25, 0.3) is 0 Å². The predicted molar refractivity (Wildman–Crippen MR) is 122 cm³/mol. The third-order valence-corrected chi connectivity index (χ3v) is 6.06. The molecule has 1 unspecified atom stereocenters. The number of thioether (sulfide) groups is 1. The third kappa shape index (κ3) is 5.18. The van der Waals surface area contributed by atoms with Crippen molar-refractivity contribution >= 4 is 11.8 Å². The van der Waals surface area contributed by atoms with Gasteiger partial charge in [0.05, 0.1) is 6.61 Å². The maximum atomic E-state index is 14.2. The van der Waals surface area contributed by atoms with E-state index in [4.69, 9.17) is 14.2 Å². The van der Waals surface area contributed by atoms with Gasteiger partial charge in [0.15, 0.2) is 5.82 Å². The highest BCUT2D eigenvalue weighted by atomic mass is 32.2. The second-order valence-corrected chi connectivity index (χ2v) is 8.62. The topological polar surface area (TPSA) is 69.3 Å². The molecule has 1 aliphatic heterocycles. The average molecular weight is 464 g/mol. The van der Waals surface area contributed by atoms with Crippen molar-refractivity contribution in [2.45, 2.75) is 37.3 Å². The summed E-state index contributed by atoms with van der Waals surface area (Å²) in [5, 5.41) is 7.69. The van der Waals surface area contributed by atoms with Gasteiger partial charge in [-0.25, -0.2) is 9.37 Å². The second kappa shape index (κ2) is 9.64. The van der Waals surface area contributed by atoms with E-state index in [0.717, 1.165) is 16.9 Å². The third-order valence-electron chi connectivity index (χ3n) is 5.16. The monoisotopic (exact) mass is 463 g/mol. The van der Waals surface area contributed by atoms with E-state index in [9.17, 15) is 4.39 Å². The first kappa shape index (κ1) is 21.5. The number of H-pyrrole nitrogens is 1. The summed E-state index contributed by atoms with van der Waals surface area (Å²) in [5.74, 6) is 2.18. The molecule has 0 radical (unpaired) electrons. The summed E-state index contributed by atoms with van der Waals surface area (Å²) in [4.78, 5) is 4.47. The lowest BCUT2D eigenvalue weighted by atomic mass is 10.1. The van der Waals surface area contributed by atoms with Crippen molar-refractivity contribution in [3.63, 3.8) is 0 Å². The molecule has 0 spiro atoms. The van der Waals surface area contributed by atoms with Gasteiger partial charge in [-0.05, 0) is 31.2 Å². The molecule has 168 valence electrons. The van der Waals surface area contributed by atoms with Crippen LogP contribution in [0.3, 0.4) is 0 Å². The first-order chi connectivity index (χ1) is 16.1. The lowest BCUT2D eigenvalue weighted by molar-refractivity contribution is -0.112. The number of nitrogens with one attached hydrogen (secondary N) is 1. The highest BCUT2D eigenvalue weighted by Crippen LogP contribution is 2.38. The Morgan fingerprint density at radius 3 is 2.76 bits per heavy atom. The number of benzene rings is 3. The van der Waals surface area contributed by atoms with E-state index in [2.05, 4.69) is 15.2 Å². The van der Waals surface area contributed by atoms with Crippen LogP contribution < -0.4 is 9.47 Å². The van der Waals surface area contributed by atoms with E-state index < -0.39 is 6.29 Å². The number of rotatable bonds is 7. The molecule has 0 amide bonds. The van der Waals surface area contributed by atoms with Gasteiger partial charge in [-0.15, -0.1) is 5.10 Å². The zero-order valence-corrected chi connectivity index (χ0v) is 18.8. The number of nitrogens with zero attached hydrogens (tertiary/aromatic N) is 2. The van der Waals surface area contributed by atoms with E-state index in [1.807, 2.05) is 61.5 Å². The zero-order valence-electron chi connectivity index (χ0n) is 18.0. The van der Waals surface area contributed by atoms with E-state index in [0.29, 0.717) is 28.0 Å². The summed E-state index contributed by atoms with van der Waals surface area (Å²) in [6.45, 7) is 2.59. The Hall–Kier alpha value is -3.36. The van der Waals surface area contributed by atoms with Crippen LogP contribution in [0.15, 0.2) is 71.9 Å². The van der Waals surface area contributed by atoms with Gasteiger partial charge in [0, 0.05) is 22.4 Å². The van der Waals surface area contributed by atoms with E-state index in [1.54, 1.807) is 0 Å². The number of halogens is 1. The van der Waals surface area contributed by atoms with E-state index in [-0.39, 0.29) is 19.0 Å². The van der Waals surface area contributed by atoms with Crippen molar-refractivity contribution in [2.24, 2.45) is 0 Å². The van der Waals surface area contributed by atoms with Gasteiger partial charge in [-0.3, -0.25) is 5.10 Å². The minimum atomic E-state index is -0.526. The number of ether oxygens (including phenoxy) is 3. The molecule has 4 aromatic rings. The van der Waals surface area contributed by atoms with Crippen molar-refractivity contribution in [1.82, 2.24) is 15.2 Å². The fraction of sp³-hybridized carbons (Fsp3) is 0.200. The Kier molecular flexibility index (Phi) is 6.28. The summed E-state index contributed by atoms with van der Waals surface area (Å²) < 4.78 is 31.9. The molecular formula is C25H22FN3O3S. The first-order valence-electron chi connectivity index (χ1n) is 10.5.